The highest BCUT2D eigenvalue weighted by Crippen LogP contribution is 2.36. The first-order chi connectivity index (χ1) is 9.95. The zero-order chi connectivity index (χ0) is 15.0. The first-order valence-corrected chi connectivity index (χ1v) is 6.20. The minimum absolute atomic E-state index is 0.0957. The molecule has 1 unspecified atom stereocenters. The van der Waals surface area contributed by atoms with Crippen molar-refractivity contribution in [2.24, 2.45) is 0 Å². The lowest BCUT2D eigenvalue weighted by atomic mass is 9.99. The summed E-state index contributed by atoms with van der Waals surface area (Å²) < 4.78 is 48.4. The van der Waals surface area contributed by atoms with Crippen LogP contribution in [0.4, 0.5) is 13.2 Å². The van der Waals surface area contributed by atoms with Crippen LogP contribution >= 0.6 is 0 Å². The maximum absolute atomic E-state index is 12.7. The number of aliphatic hydroxyl groups excluding tert-OH is 1. The lowest BCUT2D eigenvalue weighted by Crippen LogP contribution is -2.07. The number of aliphatic hydroxyl groups is 1. The van der Waals surface area contributed by atoms with Crippen LogP contribution in [0.15, 0.2) is 42.5 Å². The van der Waals surface area contributed by atoms with E-state index in [1.807, 2.05) is 0 Å². The second-order valence-corrected chi connectivity index (χ2v) is 4.64. The van der Waals surface area contributed by atoms with Gasteiger partial charge in [-0.15, -0.1) is 0 Å². The summed E-state index contributed by atoms with van der Waals surface area (Å²) in [5, 5.41) is 10.2. The summed E-state index contributed by atoms with van der Waals surface area (Å²) in [5.41, 5.74) is -0.179. The average molecular weight is 296 g/mol. The van der Waals surface area contributed by atoms with Gasteiger partial charge in [0.2, 0.25) is 6.79 Å². The summed E-state index contributed by atoms with van der Waals surface area (Å²) in [5.74, 6) is 1.02. The Morgan fingerprint density at radius 1 is 0.952 bits per heavy atom. The van der Waals surface area contributed by atoms with E-state index in [0.29, 0.717) is 17.1 Å². The maximum atomic E-state index is 12.7. The van der Waals surface area contributed by atoms with Crippen LogP contribution < -0.4 is 9.47 Å². The largest absolute Gasteiger partial charge is 0.454 e. The molecule has 0 fully saturated rings. The van der Waals surface area contributed by atoms with Gasteiger partial charge in [0.1, 0.15) is 6.10 Å². The molecule has 0 aliphatic carbocycles. The Balaban J connectivity index is 1.93. The number of benzene rings is 2. The Morgan fingerprint density at radius 3 is 2.43 bits per heavy atom. The van der Waals surface area contributed by atoms with Crippen molar-refractivity contribution in [3.8, 4) is 11.5 Å². The molecule has 1 aliphatic rings. The van der Waals surface area contributed by atoms with Crippen molar-refractivity contribution >= 4 is 0 Å². The van der Waals surface area contributed by atoms with E-state index >= 15 is 0 Å². The van der Waals surface area contributed by atoms with Crippen molar-refractivity contribution < 1.29 is 27.8 Å². The lowest BCUT2D eigenvalue weighted by molar-refractivity contribution is -0.137. The molecule has 1 atom stereocenters. The highest BCUT2D eigenvalue weighted by molar-refractivity contribution is 5.46. The highest BCUT2D eigenvalue weighted by atomic mass is 19.4. The maximum Gasteiger partial charge on any atom is 0.416 e. The third kappa shape index (κ3) is 2.67. The van der Waals surface area contributed by atoms with Crippen molar-refractivity contribution in [1.82, 2.24) is 0 Å². The van der Waals surface area contributed by atoms with Crippen molar-refractivity contribution in [3.05, 3.63) is 59.2 Å². The van der Waals surface area contributed by atoms with Gasteiger partial charge in [0.25, 0.3) is 0 Å². The monoisotopic (exact) mass is 296 g/mol. The van der Waals surface area contributed by atoms with Crippen molar-refractivity contribution in [2.45, 2.75) is 12.3 Å². The van der Waals surface area contributed by atoms with Crippen LogP contribution in [-0.4, -0.2) is 11.9 Å². The molecular weight excluding hydrogens is 285 g/mol. The molecule has 21 heavy (non-hydrogen) atoms. The molecule has 1 N–H and O–H groups in total. The van der Waals surface area contributed by atoms with E-state index < -0.39 is 17.8 Å². The van der Waals surface area contributed by atoms with Crippen LogP contribution in [0.2, 0.25) is 0 Å². The van der Waals surface area contributed by atoms with Gasteiger partial charge in [0.15, 0.2) is 11.5 Å². The van der Waals surface area contributed by atoms with E-state index in [2.05, 4.69) is 0 Å². The van der Waals surface area contributed by atoms with Gasteiger partial charge in [-0.25, -0.2) is 0 Å². The fraction of sp³-hybridized carbons (Fsp3) is 0.200. The summed E-state index contributed by atoms with van der Waals surface area (Å²) in [6.07, 6.45) is -5.60. The minimum Gasteiger partial charge on any atom is -0.454 e. The van der Waals surface area contributed by atoms with Crippen LogP contribution in [-0.2, 0) is 6.18 Å². The molecule has 0 saturated heterocycles. The molecule has 2 aromatic rings. The molecule has 0 amide bonds. The molecule has 0 radical (unpaired) electrons. The second-order valence-electron chi connectivity index (χ2n) is 4.64. The Labute approximate surface area is 118 Å². The first kappa shape index (κ1) is 13.8. The van der Waals surface area contributed by atoms with Crippen molar-refractivity contribution in [1.29, 1.82) is 0 Å². The van der Waals surface area contributed by atoms with E-state index in [1.165, 1.54) is 12.1 Å². The molecule has 2 aromatic carbocycles. The van der Waals surface area contributed by atoms with E-state index in [-0.39, 0.29) is 12.4 Å². The Kier molecular flexibility index (Phi) is 3.25. The third-order valence-electron chi connectivity index (χ3n) is 3.24. The van der Waals surface area contributed by atoms with Crippen LogP contribution in [0.3, 0.4) is 0 Å². The molecule has 1 aliphatic heterocycles. The minimum atomic E-state index is -4.44. The highest BCUT2D eigenvalue weighted by Gasteiger charge is 2.31. The molecule has 0 spiro atoms. The number of hydrogen-bond acceptors (Lipinski definition) is 3. The number of alkyl halides is 3. The summed E-state index contributed by atoms with van der Waals surface area (Å²) >= 11 is 0. The van der Waals surface area contributed by atoms with Gasteiger partial charge in [0.05, 0.1) is 5.56 Å². The average Bonchev–Trinajstić information content (AvgIpc) is 2.93. The number of halogens is 3. The van der Waals surface area contributed by atoms with E-state index in [4.69, 9.17) is 9.47 Å². The molecular formula is C15H11F3O3. The van der Waals surface area contributed by atoms with E-state index in [1.54, 1.807) is 18.2 Å². The van der Waals surface area contributed by atoms with E-state index in [0.717, 1.165) is 12.1 Å². The normalized spacial score (nSPS) is 15.0. The summed E-state index contributed by atoms with van der Waals surface area (Å²) in [7, 11) is 0. The van der Waals surface area contributed by atoms with E-state index in [9.17, 15) is 18.3 Å². The molecule has 3 nitrogen and oxygen atoms in total. The van der Waals surface area contributed by atoms with Gasteiger partial charge in [-0.1, -0.05) is 18.2 Å². The molecule has 110 valence electrons. The van der Waals surface area contributed by atoms with Gasteiger partial charge in [0, 0.05) is 0 Å². The smallest absolute Gasteiger partial charge is 0.416 e. The Bertz CT molecular complexity index is 667. The lowest BCUT2D eigenvalue weighted by Gasteiger charge is -2.14. The SMILES string of the molecule is OC(c1cccc(C(F)(F)F)c1)c1ccc2c(c1)OCO2. The fourth-order valence-electron chi connectivity index (χ4n) is 2.16. The summed E-state index contributed by atoms with van der Waals surface area (Å²) in [6.45, 7) is 0.0957. The molecule has 0 saturated carbocycles. The van der Waals surface area contributed by atoms with Crippen LogP contribution in [0.1, 0.15) is 22.8 Å². The molecule has 3 rings (SSSR count). The number of rotatable bonds is 2. The number of ether oxygens (including phenoxy) is 2. The number of hydrogen-bond donors (Lipinski definition) is 1. The third-order valence-corrected chi connectivity index (χ3v) is 3.24. The topological polar surface area (TPSA) is 38.7 Å². The predicted molar refractivity (Wildman–Crippen MR) is 68.1 cm³/mol. The quantitative estimate of drug-likeness (QED) is 0.921. The Hall–Kier alpha value is -2.21. The Morgan fingerprint density at radius 2 is 1.67 bits per heavy atom. The van der Waals surface area contributed by atoms with Gasteiger partial charge in [-0.2, -0.15) is 13.2 Å². The molecule has 6 heteroatoms. The van der Waals surface area contributed by atoms with Crippen LogP contribution in [0, 0.1) is 0 Å². The van der Waals surface area contributed by atoms with Crippen molar-refractivity contribution in [3.63, 3.8) is 0 Å². The predicted octanol–water partition coefficient (Wildman–Crippen LogP) is 3.52. The van der Waals surface area contributed by atoms with Gasteiger partial charge in [-0.05, 0) is 35.4 Å². The van der Waals surface area contributed by atoms with Crippen molar-refractivity contribution in [2.75, 3.05) is 6.79 Å². The molecule has 0 bridgehead atoms. The van der Waals surface area contributed by atoms with Gasteiger partial charge >= 0.3 is 6.18 Å². The zero-order valence-electron chi connectivity index (χ0n) is 10.7. The second kappa shape index (κ2) is 4.96. The molecule has 0 aromatic heterocycles. The van der Waals surface area contributed by atoms with Gasteiger partial charge < -0.3 is 14.6 Å². The number of fused-ring (bicyclic) bond motifs is 1. The standard InChI is InChI=1S/C15H11F3O3/c16-15(17,18)11-3-1-2-9(6-11)14(19)10-4-5-12-13(7-10)21-8-20-12/h1-7,14,19H,8H2. The fourth-order valence-corrected chi connectivity index (χ4v) is 2.16. The summed E-state index contributed by atoms with van der Waals surface area (Å²) in [4.78, 5) is 0. The van der Waals surface area contributed by atoms with Crippen LogP contribution in [0.5, 0.6) is 11.5 Å². The molecule has 1 heterocycles. The summed E-state index contributed by atoms with van der Waals surface area (Å²) in [6, 6.07) is 9.41. The zero-order valence-corrected chi connectivity index (χ0v) is 10.7. The van der Waals surface area contributed by atoms with Crippen LogP contribution in [0.25, 0.3) is 0 Å². The first-order valence-electron chi connectivity index (χ1n) is 6.20. The van der Waals surface area contributed by atoms with Gasteiger partial charge in [-0.3, -0.25) is 0 Å².